The van der Waals surface area contributed by atoms with Crippen LogP contribution in [0.15, 0.2) is 0 Å². The number of Topliss-reactive ketones (excluding diaryl/α,β-unsaturated/α-hetero) is 1. The molecule has 0 spiro atoms. The number of phosphoric ester groups is 1. The molecule has 0 fully saturated rings. The van der Waals surface area contributed by atoms with Gasteiger partial charge in [-0.25, -0.2) is 4.57 Å². The van der Waals surface area contributed by atoms with Crippen LogP contribution in [0.1, 0.15) is 96.8 Å². The van der Waals surface area contributed by atoms with Gasteiger partial charge in [-0.15, -0.1) is 0 Å². The molecule has 0 aliphatic rings. The summed E-state index contributed by atoms with van der Waals surface area (Å²) >= 11 is 0. The summed E-state index contributed by atoms with van der Waals surface area (Å²) in [7, 11) is 0.944. The summed E-state index contributed by atoms with van der Waals surface area (Å²) in [4.78, 5) is 30.4. The van der Waals surface area contributed by atoms with E-state index < -0.39 is 13.9 Å². The number of unbranched alkanes of at least 4 members (excludes halogenated alkanes) is 12. The average Bonchev–Trinajstić information content (AvgIpc) is 2.55. The van der Waals surface area contributed by atoms with Crippen molar-refractivity contribution in [2.24, 2.45) is 0 Å². The second kappa shape index (κ2) is 15.6. The van der Waals surface area contributed by atoms with Crippen LogP contribution < -0.4 is 0 Å². The standard InChI is InChI=1S/C21H44NO5P/c1-5-6-7-8-9-10-11-12-13-14-15-16-17-18-20(23)21(19-22(2,3)4)27-28(24,25)26/h21H,5-19H2,1-4H3,(H-,24,25,26)/p+1. The van der Waals surface area contributed by atoms with Gasteiger partial charge < -0.3 is 14.3 Å². The molecule has 0 aromatic rings. The van der Waals surface area contributed by atoms with E-state index in [4.69, 9.17) is 14.3 Å². The van der Waals surface area contributed by atoms with Gasteiger partial charge in [0.05, 0.1) is 21.1 Å². The van der Waals surface area contributed by atoms with Crippen molar-refractivity contribution in [3.8, 4) is 0 Å². The lowest BCUT2D eigenvalue weighted by Crippen LogP contribution is -2.45. The minimum atomic E-state index is -4.66. The zero-order chi connectivity index (χ0) is 21.5. The van der Waals surface area contributed by atoms with Crippen LogP contribution in [0.25, 0.3) is 0 Å². The Hall–Kier alpha value is -0.260. The molecule has 0 amide bonds. The summed E-state index contributed by atoms with van der Waals surface area (Å²) < 4.78 is 16.3. The fourth-order valence-corrected chi connectivity index (χ4v) is 3.85. The number of hydrogen-bond acceptors (Lipinski definition) is 3. The van der Waals surface area contributed by atoms with Gasteiger partial charge in [0.1, 0.15) is 6.54 Å². The molecule has 1 atom stereocenters. The van der Waals surface area contributed by atoms with Gasteiger partial charge >= 0.3 is 7.82 Å². The van der Waals surface area contributed by atoms with Crippen molar-refractivity contribution in [2.75, 3.05) is 27.7 Å². The van der Waals surface area contributed by atoms with E-state index in [-0.39, 0.29) is 12.3 Å². The van der Waals surface area contributed by atoms with Gasteiger partial charge in [0, 0.05) is 6.42 Å². The molecule has 0 radical (unpaired) electrons. The lowest BCUT2D eigenvalue weighted by atomic mass is 10.0. The molecular weight excluding hydrogens is 377 g/mol. The van der Waals surface area contributed by atoms with Gasteiger partial charge in [-0.2, -0.15) is 0 Å². The molecule has 0 heterocycles. The van der Waals surface area contributed by atoms with E-state index in [1.165, 1.54) is 64.2 Å². The van der Waals surface area contributed by atoms with Crippen LogP contribution in [-0.2, 0) is 13.9 Å². The molecule has 0 aromatic carbocycles. The summed E-state index contributed by atoms with van der Waals surface area (Å²) in [6, 6.07) is 0. The predicted molar refractivity (Wildman–Crippen MR) is 115 cm³/mol. The summed E-state index contributed by atoms with van der Waals surface area (Å²) in [6.07, 6.45) is 15.4. The largest absolute Gasteiger partial charge is 0.470 e. The highest BCUT2D eigenvalue weighted by Crippen LogP contribution is 2.38. The van der Waals surface area contributed by atoms with Gasteiger partial charge in [-0.1, -0.05) is 84.0 Å². The van der Waals surface area contributed by atoms with Crippen molar-refractivity contribution in [1.29, 1.82) is 0 Å². The number of nitrogens with zero attached hydrogens (tertiary/aromatic N) is 1. The molecule has 168 valence electrons. The van der Waals surface area contributed by atoms with Crippen LogP contribution in [0.4, 0.5) is 0 Å². The van der Waals surface area contributed by atoms with E-state index in [1.807, 2.05) is 21.1 Å². The first-order valence-electron chi connectivity index (χ1n) is 11.1. The molecule has 0 bridgehead atoms. The SMILES string of the molecule is CCCCCCCCCCCCCCCC(=O)C(C[N+](C)(C)C)OP(=O)(O)O. The lowest BCUT2D eigenvalue weighted by molar-refractivity contribution is -0.872. The van der Waals surface area contributed by atoms with Gasteiger partial charge in [-0.3, -0.25) is 9.32 Å². The molecule has 7 heteroatoms. The molecule has 0 aromatic heterocycles. The van der Waals surface area contributed by atoms with Crippen molar-refractivity contribution in [2.45, 2.75) is 103 Å². The van der Waals surface area contributed by atoms with Crippen molar-refractivity contribution < 1.29 is 28.2 Å². The van der Waals surface area contributed by atoms with E-state index in [1.54, 1.807) is 0 Å². The van der Waals surface area contributed by atoms with Gasteiger partial charge in [0.2, 0.25) is 0 Å². The normalized spacial score (nSPS) is 13.6. The van der Waals surface area contributed by atoms with Crippen LogP contribution in [-0.4, -0.2) is 53.8 Å². The number of hydrogen-bond donors (Lipinski definition) is 2. The number of phosphoric acid groups is 1. The van der Waals surface area contributed by atoms with E-state index >= 15 is 0 Å². The smallest absolute Gasteiger partial charge is 0.328 e. The maximum absolute atomic E-state index is 12.3. The number of carbonyl (C=O) groups is 1. The lowest BCUT2D eigenvalue weighted by Gasteiger charge is -2.28. The first-order valence-corrected chi connectivity index (χ1v) is 12.7. The van der Waals surface area contributed by atoms with Crippen LogP contribution >= 0.6 is 7.82 Å². The first-order chi connectivity index (χ1) is 13.0. The summed E-state index contributed by atoms with van der Waals surface area (Å²) in [5.74, 6) is -0.209. The van der Waals surface area contributed by atoms with Crippen molar-refractivity contribution >= 4 is 13.6 Å². The maximum atomic E-state index is 12.3. The van der Waals surface area contributed by atoms with Gasteiger partial charge in [0.25, 0.3) is 0 Å². The highest BCUT2D eigenvalue weighted by molar-refractivity contribution is 7.46. The third-order valence-corrected chi connectivity index (χ3v) is 5.39. The Bertz CT molecular complexity index is 445. The van der Waals surface area contributed by atoms with Gasteiger partial charge in [-0.05, 0) is 6.42 Å². The zero-order valence-electron chi connectivity index (χ0n) is 18.7. The Balaban J connectivity index is 3.79. The highest BCUT2D eigenvalue weighted by Gasteiger charge is 2.32. The Kier molecular flexibility index (Phi) is 15.4. The summed E-state index contributed by atoms with van der Waals surface area (Å²) in [5.41, 5.74) is 0. The van der Waals surface area contributed by atoms with Crippen LogP contribution in [0.2, 0.25) is 0 Å². The minimum absolute atomic E-state index is 0.209. The molecule has 0 aliphatic carbocycles. The molecule has 0 rings (SSSR count). The van der Waals surface area contributed by atoms with E-state index in [2.05, 4.69) is 6.92 Å². The van der Waals surface area contributed by atoms with E-state index in [9.17, 15) is 9.36 Å². The quantitative estimate of drug-likeness (QED) is 0.169. The Morgan fingerprint density at radius 1 is 0.821 bits per heavy atom. The molecule has 0 aliphatic heterocycles. The second-order valence-corrected chi connectivity index (χ2v) is 10.2. The average molecular weight is 423 g/mol. The molecule has 1 unspecified atom stereocenters. The van der Waals surface area contributed by atoms with Gasteiger partial charge in [0.15, 0.2) is 11.9 Å². The number of quaternary nitrogens is 1. The molecular formula is C21H45NO5P+. The fraction of sp³-hybridized carbons (Fsp3) is 0.952. The molecule has 28 heavy (non-hydrogen) atoms. The number of likely N-dealkylation sites (N-methyl/N-ethyl adjacent to an activating group) is 1. The number of carbonyl (C=O) groups excluding carboxylic acids is 1. The number of ketones is 1. The molecule has 6 nitrogen and oxygen atoms in total. The van der Waals surface area contributed by atoms with Crippen molar-refractivity contribution in [1.82, 2.24) is 0 Å². The number of rotatable bonds is 19. The van der Waals surface area contributed by atoms with E-state index in [0.717, 1.165) is 19.3 Å². The van der Waals surface area contributed by atoms with Crippen LogP contribution in [0.3, 0.4) is 0 Å². The predicted octanol–water partition coefficient (Wildman–Crippen LogP) is 5.22. The first kappa shape index (κ1) is 27.7. The Morgan fingerprint density at radius 3 is 1.57 bits per heavy atom. The third-order valence-electron chi connectivity index (χ3n) is 4.86. The molecule has 0 saturated carbocycles. The summed E-state index contributed by atoms with van der Waals surface area (Å²) in [5, 5.41) is 0. The van der Waals surface area contributed by atoms with E-state index in [0.29, 0.717) is 10.9 Å². The highest BCUT2D eigenvalue weighted by atomic mass is 31.2. The zero-order valence-corrected chi connectivity index (χ0v) is 19.6. The van der Waals surface area contributed by atoms with Crippen molar-refractivity contribution in [3.05, 3.63) is 0 Å². The minimum Gasteiger partial charge on any atom is -0.328 e. The maximum Gasteiger partial charge on any atom is 0.470 e. The fourth-order valence-electron chi connectivity index (χ4n) is 3.34. The third kappa shape index (κ3) is 19.1. The molecule has 0 saturated heterocycles. The van der Waals surface area contributed by atoms with Crippen LogP contribution in [0, 0.1) is 0 Å². The van der Waals surface area contributed by atoms with Crippen molar-refractivity contribution in [3.63, 3.8) is 0 Å². The van der Waals surface area contributed by atoms with Crippen LogP contribution in [0.5, 0.6) is 0 Å². The monoisotopic (exact) mass is 422 g/mol. The summed E-state index contributed by atoms with van der Waals surface area (Å²) in [6.45, 7) is 2.50. The second-order valence-electron chi connectivity index (χ2n) is 9.02. The Morgan fingerprint density at radius 2 is 1.21 bits per heavy atom. The molecule has 2 N–H and O–H groups in total. The topological polar surface area (TPSA) is 83.8 Å². The Labute approximate surface area is 172 Å².